The predicted molar refractivity (Wildman–Crippen MR) is 148 cm³/mol. The molecule has 0 saturated carbocycles. The minimum atomic E-state index is -1.99. The summed E-state index contributed by atoms with van der Waals surface area (Å²) in [7, 11) is 0. The number of nitrogens with zero attached hydrogens (tertiary/aromatic N) is 4. The Kier molecular flexibility index (Phi) is 5.45. The SMILES string of the molecule is CC(C)c1nnc(N2C(=O)c3oc4ccc(F)cc4c(=O)c3C23C(=O)N(Cc2ccc(F)cc2)c2ccccc23)s1. The van der Waals surface area contributed by atoms with Crippen LogP contribution in [-0.4, -0.2) is 22.0 Å². The second kappa shape index (κ2) is 8.87. The third kappa shape index (κ3) is 3.45. The van der Waals surface area contributed by atoms with Crippen LogP contribution in [0.1, 0.15) is 52.0 Å². The van der Waals surface area contributed by atoms with E-state index in [-0.39, 0.29) is 39.9 Å². The van der Waals surface area contributed by atoms with Gasteiger partial charge in [-0.05, 0) is 42.0 Å². The summed E-state index contributed by atoms with van der Waals surface area (Å²) in [4.78, 5) is 45.8. The minimum absolute atomic E-state index is 0.0101. The molecule has 11 heteroatoms. The molecule has 2 amide bonds. The Morgan fingerprint density at radius 1 is 0.951 bits per heavy atom. The number of fused-ring (bicyclic) bond motifs is 5. The maximum absolute atomic E-state index is 14.8. The summed E-state index contributed by atoms with van der Waals surface area (Å²) in [6.07, 6.45) is 0. The molecule has 41 heavy (non-hydrogen) atoms. The zero-order chi connectivity index (χ0) is 28.6. The van der Waals surface area contributed by atoms with Crippen molar-refractivity contribution in [1.82, 2.24) is 10.2 Å². The summed E-state index contributed by atoms with van der Waals surface area (Å²) in [6.45, 7) is 3.89. The van der Waals surface area contributed by atoms with Gasteiger partial charge in [-0.15, -0.1) is 10.2 Å². The summed E-state index contributed by atoms with van der Waals surface area (Å²) in [5.74, 6) is -2.75. The molecule has 4 heterocycles. The van der Waals surface area contributed by atoms with Crippen LogP contribution in [0.15, 0.2) is 75.9 Å². The molecule has 0 bridgehead atoms. The molecule has 1 unspecified atom stereocenters. The van der Waals surface area contributed by atoms with Crippen LogP contribution in [0.3, 0.4) is 0 Å². The first-order chi connectivity index (χ1) is 19.7. The molecule has 2 aliphatic rings. The van der Waals surface area contributed by atoms with Crippen LogP contribution in [0.4, 0.5) is 19.6 Å². The van der Waals surface area contributed by atoms with Crippen molar-refractivity contribution in [3.05, 3.63) is 116 Å². The van der Waals surface area contributed by atoms with Crippen LogP contribution in [0.25, 0.3) is 11.0 Å². The van der Waals surface area contributed by atoms with Crippen molar-refractivity contribution in [2.24, 2.45) is 0 Å². The number of hydrogen-bond donors (Lipinski definition) is 0. The number of rotatable bonds is 4. The van der Waals surface area contributed by atoms with Gasteiger partial charge in [0, 0.05) is 11.5 Å². The number of carbonyl (C=O) groups excluding carboxylic acids is 2. The lowest BCUT2D eigenvalue weighted by molar-refractivity contribution is -0.121. The van der Waals surface area contributed by atoms with E-state index in [1.165, 1.54) is 28.0 Å². The predicted octanol–water partition coefficient (Wildman–Crippen LogP) is 5.50. The summed E-state index contributed by atoms with van der Waals surface area (Å²) in [5.41, 5.74) is -1.42. The van der Waals surface area contributed by atoms with E-state index < -0.39 is 34.4 Å². The van der Waals surface area contributed by atoms with Crippen LogP contribution < -0.4 is 15.2 Å². The Hall–Kier alpha value is -4.77. The molecule has 3 aromatic carbocycles. The Bertz CT molecular complexity index is 1970. The Morgan fingerprint density at radius 2 is 1.68 bits per heavy atom. The first-order valence-electron chi connectivity index (χ1n) is 12.8. The molecule has 7 rings (SSSR count). The molecule has 5 aromatic rings. The van der Waals surface area contributed by atoms with Gasteiger partial charge in [0.15, 0.2) is 11.0 Å². The van der Waals surface area contributed by atoms with E-state index in [0.717, 1.165) is 23.5 Å². The maximum Gasteiger partial charge on any atom is 0.297 e. The lowest BCUT2D eigenvalue weighted by atomic mass is 9.84. The van der Waals surface area contributed by atoms with Gasteiger partial charge in [0.25, 0.3) is 11.8 Å². The molecule has 1 spiro atoms. The fraction of sp³-hybridized carbons (Fsp3) is 0.167. The van der Waals surface area contributed by atoms with E-state index in [1.54, 1.807) is 36.4 Å². The lowest BCUT2D eigenvalue weighted by Crippen LogP contribution is -2.53. The fourth-order valence-corrected chi connectivity index (χ4v) is 6.51. The van der Waals surface area contributed by atoms with Gasteiger partial charge >= 0.3 is 0 Å². The van der Waals surface area contributed by atoms with Crippen LogP contribution in [0.5, 0.6) is 0 Å². The number of para-hydroxylation sites is 1. The molecular weight excluding hydrogens is 550 g/mol. The molecule has 204 valence electrons. The van der Waals surface area contributed by atoms with E-state index in [4.69, 9.17) is 4.42 Å². The molecule has 0 fully saturated rings. The van der Waals surface area contributed by atoms with Crippen molar-refractivity contribution in [1.29, 1.82) is 0 Å². The summed E-state index contributed by atoms with van der Waals surface area (Å²) >= 11 is 1.14. The monoisotopic (exact) mass is 570 g/mol. The van der Waals surface area contributed by atoms with E-state index in [9.17, 15) is 23.2 Å². The van der Waals surface area contributed by atoms with E-state index >= 15 is 0 Å². The molecule has 8 nitrogen and oxygen atoms in total. The van der Waals surface area contributed by atoms with Crippen molar-refractivity contribution < 1.29 is 22.8 Å². The molecular formula is C30H20F2N4O4S. The van der Waals surface area contributed by atoms with Crippen LogP contribution in [0, 0.1) is 11.6 Å². The molecule has 0 radical (unpaired) electrons. The largest absolute Gasteiger partial charge is 0.450 e. The molecule has 0 saturated heterocycles. The average molecular weight is 571 g/mol. The molecule has 2 aromatic heterocycles. The highest BCUT2D eigenvalue weighted by Gasteiger charge is 2.66. The summed E-state index contributed by atoms with van der Waals surface area (Å²) < 4.78 is 33.9. The van der Waals surface area contributed by atoms with Crippen molar-refractivity contribution in [2.45, 2.75) is 31.8 Å². The van der Waals surface area contributed by atoms with Crippen molar-refractivity contribution in [3.63, 3.8) is 0 Å². The Morgan fingerprint density at radius 3 is 2.41 bits per heavy atom. The molecule has 0 aliphatic carbocycles. The zero-order valence-electron chi connectivity index (χ0n) is 21.7. The summed E-state index contributed by atoms with van der Waals surface area (Å²) in [6, 6.07) is 16.0. The van der Waals surface area contributed by atoms with Gasteiger partial charge in [0.2, 0.25) is 10.9 Å². The number of anilines is 2. The van der Waals surface area contributed by atoms with Crippen LogP contribution >= 0.6 is 11.3 Å². The van der Waals surface area contributed by atoms with Gasteiger partial charge < -0.3 is 9.32 Å². The lowest BCUT2D eigenvalue weighted by Gasteiger charge is -2.32. The van der Waals surface area contributed by atoms with Crippen molar-refractivity contribution in [2.75, 3.05) is 9.80 Å². The second-order valence-electron chi connectivity index (χ2n) is 10.2. The third-order valence-electron chi connectivity index (χ3n) is 7.46. The smallest absolute Gasteiger partial charge is 0.297 e. The number of hydrogen-bond acceptors (Lipinski definition) is 7. The van der Waals surface area contributed by atoms with Gasteiger partial charge in [-0.2, -0.15) is 0 Å². The van der Waals surface area contributed by atoms with Crippen LogP contribution in [0.2, 0.25) is 0 Å². The van der Waals surface area contributed by atoms with E-state index in [0.29, 0.717) is 21.8 Å². The van der Waals surface area contributed by atoms with Crippen molar-refractivity contribution in [3.8, 4) is 0 Å². The second-order valence-corrected chi connectivity index (χ2v) is 11.2. The quantitative estimate of drug-likeness (QED) is 0.283. The first kappa shape index (κ1) is 25.2. The number of amides is 2. The first-order valence-corrected chi connectivity index (χ1v) is 13.6. The molecule has 0 N–H and O–H groups in total. The number of benzene rings is 3. The van der Waals surface area contributed by atoms with Gasteiger partial charge in [-0.1, -0.05) is 55.5 Å². The minimum Gasteiger partial charge on any atom is -0.450 e. The van der Waals surface area contributed by atoms with Gasteiger partial charge in [0.05, 0.1) is 23.2 Å². The number of aromatic nitrogens is 2. The average Bonchev–Trinajstić information content (AvgIpc) is 3.61. The van der Waals surface area contributed by atoms with E-state index in [2.05, 4.69) is 10.2 Å². The summed E-state index contributed by atoms with van der Waals surface area (Å²) in [5, 5.41) is 9.15. The third-order valence-corrected chi connectivity index (χ3v) is 8.66. The van der Waals surface area contributed by atoms with E-state index in [1.807, 2.05) is 13.8 Å². The zero-order valence-corrected chi connectivity index (χ0v) is 22.5. The van der Waals surface area contributed by atoms with Crippen LogP contribution in [-0.2, 0) is 16.9 Å². The number of carbonyl (C=O) groups is 2. The topological polar surface area (TPSA) is 96.6 Å². The fourth-order valence-electron chi connectivity index (χ4n) is 5.61. The maximum atomic E-state index is 14.8. The van der Waals surface area contributed by atoms with Gasteiger partial charge in [-0.25, -0.2) is 8.78 Å². The Balaban J connectivity index is 1.54. The van der Waals surface area contributed by atoms with Crippen molar-refractivity contribution >= 4 is 44.9 Å². The molecule has 1 atom stereocenters. The van der Waals surface area contributed by atoms with Gasteiger partial charge in [-0.3, -0.25) is 19.3 Å². The highest BCUT2D eigenvalue weighted by atomic mass is 32.1. The number of halogens is 2. The highest BCUT2D eigenvalue weighted by molar-refractivity contribution is 7.15. The highest BCUT2D eigenvalue weighted by Crippen LogP contribution is 2.54. The molecule has 2 aliphatic heterocycles. The van der Waals surface area contributed by atoms with Gasteiger partial charge in [0.1, 0.15) is 22.2 Å². The normalized spacial score (nSPS) is 17.8. The Labute approximate surface area is 235 Å². The standard InChI is InChI=1S/C30H20F2N4O4S/c1-15(2)26-33-34-29(41-26)36-27(38)25-23(24(37)19-13-18(32)11-12-22(19)40-25)30(36)20-5-3-4-6-21(20)35(28(30)39)14-16-7-9-17(31)10-8-16/h3-13,15H,14H2,1-2H3.